The molecule has 0 saturated carbocycles. The maximum Gasteiger partial charge on any atom is 0.00893 e. The van der Waals surface area contributed by atoms with Gasteiger partial charge in [-0.05, 0) is 23.5 Å². The third-order valence-corrected chi connectivity index (χ3v) is 3.68. The molecule has 0 unspecified atom stereocenters. The normalized spacial score (nSPS) is 11.2. The zero-order chi connectivity index (χ0) is 13.5. The SMILES string of the molecule is CC(C)CCCC(c1ccccc1)c1ccccc1. The monoisotopic (exact) mass is 252 g/mol. The molecule has 0 fully saturated rings. The van der Waals surface area contributed by atoms with Gasteiger partial charge < -0.3 is 0 Å². The molecule has 0 atom stereocenters. The van der Waals surface area contributed by atoms with Crippen molar-refractivity contribution in [2.24, 2.45) is 5.92 Å². The van der Waals surface area contributed by atoms with Crippen LogP contribution in [-0.4, -0.2) is 0 Å². The Hall–Kier alpha value is -1.56. The molecule has 2 aromatic rings. The zero-order valence-corrected chi connectivity index (χ0v) is 12.0. The van der Waals surface area contributed by atoms with E-state index in [9.17, 15) is 0 Å². The first kappa shape index (κ1) is 13.9. The van der Waals surface area contributed by atoms with E-state index < -0.39 is 0 Å². The van der Waals surface area contributed by atoms with E-state index in [0.717, 1.165) is 5.92 Å². The second-order valence-corrected chi connectivity index (χ2v) is 5.70. The largest absolute Gasteiger partial charge is 0.0628 e. The van der Waals surface area contributed by atoms with E-state index in [4.69, 9.17) is 0 Å². The molecule has 0 nitrogen and oxygen atoms in total. The Morgan fingerprint density at radius 1 is 0.684 bits per heavy atom. The van der Waals surface area contributed by atoms with Crippen LogP contribution >= 0.6 is 0 Å². The van der Waals surface area contributed by atoms with Crippen molar-refractivity contribution in [3.8, 4) is 0 Å². The third kappa shape index (κ3) is 4.24. The molecule has 0 heteroatoms. The molecular formula is C19H24. The number of hydrogen-bond acceptors (Lipinski definition) is 0. The highest BCUT2D eigenvalue weighted by Gasteiger charge is 2.13. The van der Waals surface area contributed by atoms with E-state index >= 15 is 0 Å². The summed E-state index contributed by atoms with van der Waals surface area (Å²) in [5.74, 6) is 1.34. The van der Waals surface area contributed by atoms with Crippen molar-refractivity contribution in [1.29, 1.82) is 0 Å². The van der Waals surface area contributed by atoms with Gasteiger partial charge in [-0.1, -0.05) is 87.4 Å². The first-order chi connectivity index (χ1) is 9.27. The number of rotatable bonds is 6. The molecule has 0 aliphatic rings. The molecule has 0 heterocycles. The summed E-state index contributed by atoms with van der Waals surface area (Å²) in [5.41, 5.74) is 2.88. The van der Waals surface area contributed by atoms with Gasteiger partial charge in [0.15, 0.2) is 0 Å². The van der Waals surface area contributed by atoms with Crippen molar-refractivity contribution in [3.05, 3.63) is 71.8 Å². The van der Waals surface area contributed by atoms with Crippen molar-refractivity contribution in [1.82, 2.24) is 0 Å². The van der Waals surface area contributed by atoms with Crippen LogP contribution in [0.2, 0.25) is 0 Å². The average Bonchev–Trinajstić information content (AvgIpc) is 2.45. The Labute approximate surface area is 117 Å². The van der Waals surface area contributed by atoms with Gasteiger partial charge in [-0.15, -0.1) is 0 Å². The summed E-state index contributed by atoms with van der Waals surface area (Å²) in [7, 11) is 0. The Balaban J connectivity index is 2.14. The zero-order valence-electron chi connectivity index (χ0n) is 12.0. The lowest BCUT2D eigenvalue weighted by Crippen LogP contribution is -2.02. The lowest BCUT2D eigenvalue weighted by molar-refractivity contribution is 0.521. The number of hydrogen-bond donors (Lipinski definition) is 0. The van der Waals surface area contributed by atoms with Crippen LogP contribution in [0.25, 0.3) is 0 Å². The van der Waals surface area contributed by atoms with E-state index in [2.05, 4.69) is 74.5 Å². The van der Waals surface area contributed by atoms with Crippen LogP contribution in [0.1, 0.15) is 50.2 Å². The molecule has 0 radical (unpaired) electrons. The Bertz CT molecular complexity index is 416. The lowest BCUT2D eigenvalue weighted by atomic mass is 9.86. The van der Waals surface area contributed by atoms with E-state index in [-0.39, 0.29) is 0 Å². The van der Waals surface area contributed by atoms with Gasteiger partial charge in [0.2, 0.25) is 0 Å². The highest BCUT2D eigenvalue weighted by Crippen LogP contribution is 2.30. The van der Waals surface area contributed by atoms with Crippen molar-refractivity contribution >= 4 is 0 Å². The third-order valence-electron chi connectivity index (χ3n) is 3.68. The number of benzene rings is 2. The Kier molecular flexibility index (Phi) is 5.20. The first-order valence-corrected chi connectivity index (χ1v) is 7.37. The van der Waals surface area contributed by atoms with E-state index in [1.165, 1.54) is 30.4 Å². The summed E-state index contributed by atoms with van der Waals surface area (Å²) < 4.78 is 0. The molecule has 2 rings (SSSR count). The van der Waals surface area contributed by atoms with Crippen LogP contribution in [0.5, 0.6) is 0 Å². The summed E-state index contributed by atoms with van der Waals surface area (Å²) in [6.45, 7) is 4.61. The van der Waals surface area contributed by atoms with Gasteiger partial charge in [0.1, 0.15) is 0 Å². The van der Waals surface area contributed by atoms with Gasteiger partial charge in [-0.3, -0.25) is 0 Å². The molecule has 0 saturated heterocycles. The van der Waals surface area contributed by atoms with E-state index in [1.807, 2.05) is 0 Å². The molecule has 0 N–H and O–H groups in total. The van der Waals surface area contributed by atoms with Crippen LogP contribution in [-0.2, 0) is 0 Å². The van der Waals surface area contributed by atoms with Crippen LogP contribution < -0.4 is 0 Å². The maximum atomic E-state index is 2.31. The molecule has 2 aromatic carbocycles. The highest BCUT2D eigenvalue weighted by atomic mass is 14.2. The molecular weight excluding hydrogens is 228 g/mol. The summed E-state index contributed by atoms with van der Waals surface area (Å²) in [4.78, 5) is 0. The molecule has 19 heavy (non-hydrogen) atoms. The Morgan fingerprint density at radius 2 is 1.16 bits per heavy atom. The predicted octanol–water partition coefficient (Wildman–Crippen LogP) is 5.64. The van der Waals surface area contributed by atoms with Crippen molar-refractivity contribution < 1.29 is 0 Å². The van der Waals surface area contributed by atoms with Gasteiger partial charge in [0.25, 0.3) is 0 Å². The Morgan fingerprint density at radius 3 is 1.58 bits per heavy atom. The summed E-state index contributed by atoms with van der Waals surface area (Å²) in [6, 6.07) is 21.8. The summed E-state index contributed by atoms with van der Waals surface area (Å²) in [5, 5.41) is 0. The fraction of sp³-hybridized carbons (Fsp3) is 0.368. The molecule has 0 spiro atoms. The van der Waals surface area contributed by atoms with Crippen LogP contribution in [0.4, 0.5) is 0 Å². The van der Waals surface area contributed by atoms with Crippen LogP contribution in [0, 0.1) is 5.92 Å². The second-order valence-electron chi connectivity index (χ2n) is 5.70. The quantitative estimate of drug-likeness (QED) is 0.623. The minimum atomic E-state index is 0.543. The summed E-state index contributed by atoms with van der Waals surface area (Å²) >= 11 is 0. The van der Waals surface area contributed by atoms with Crippen LogP contribution in [0.3, 0.4) is 0 Å². The van der Waals surface area contributed by atoms with Crippen molar-refractivity contribution in [2.75, 3.05) is 0 Å². The van der Waals surface area contributed by atoms with Gasteiger partial charge in [-0.2, -0.15) is 0 Å². The van der Waals surface area contributed by atoms with Gasteiger partial charge in [0, 0.05) is 5.92 Å². The second kappa shape index (κ2) is 7.13. The molecule has 0 bridgehead atoms. The highest BCUT2D eigenvalue weighted by molar-refractivity contribution is 5.32. The van der Waals surface area contributed by atoms with Crippen LogP contribution in [0.15, 0.2) is 60.7 Å². The first-order valence-electron chi connectivity index (χ1n) is 7.37. The molecule has 100 valence electrons. The molecule has 0 aromatic heterocycles. The minimum Gasteiger partial charge on any atom is -0.0628 e. The van der Waals surface area contributed by atoms with Gasteiger partial charge in [-0.25, -0.2) is 0 Å². The van der Waals surface area contributed by atoms with Crippen molar-refractivity contribution in [3.63, 3.8) is 0 Å². The predicted molar refractivity (Wildman–Crippen MR) is 83.4 cm³/mol. The van der Waals surface area contributed by atoms with E-state index in [0.29, 0.717) is 5.92 Å². The smallest absolute Gasteiger partial charge is 0.00893 e. The fourth-order valence-corrected chi connectivity index (χ4v) is 2.63. The van der Waals surface area contributed by atoms with Crippen molar-refractivity contribution in [2.45, 2.75) is 39.0 Å². The van der Waals surface area contributed by atoms with Gasteiger partial charge in [0.05, 0.1) is 0 Å². The fourth-order valence-electron chi connectivity index (χ4n) is 2.63. The molecule has 0 aliphatic carbocycles. The van der Waals surface area contributed by atoms with Gasteiger partial charge >= 0.3 is 0 Å². The topological polar surface area (TPSA) is 0 Å². The minimum absolute atomic E-state index is 0.543. The average molecular weight is 252 g/mol. The summed E-state index contributed by atoms with van der Waals surface area (Å²) in [6.07, 6.45) is 3.86. The lowest BCUT2D eigenvalue weighted by Gasteiger charge is -2.18. The van der Waals surface area contributed by atoms with E-state index in [1.54, 1.807) is 0 Å². The molecule has 0 amide bonds. The molecule has 0 aliphatic heterocycles. The maximum absolute atomic E-state index is 2.31. The standard InChI is InChI=1S/C19H24/c1-16(2)10-9-15-19(17-11-5-3-6-12-17)18-13-7-4-8-14-18/h3-8,11-14,16,19H,9-10,15H2,1-2H3.